The third-order valence-electron chi connectivity index (χ3n) is 3.80. The Morgan fingerprint density at radius 2 is 2.08 bits per heavy atom. The lowest BCUT2D eigenvalue weighted by Crippen LogP contribution is -2.14. The van der Waals surface area contributed by atoms with E-state index in [0.29, 0.717) is 28.0 Å². The van der Waals surface area contributed by atoms with Gasteiger partial charge in [0, 0.05) is 17.1 Å². The first-order chi connectivity index (χ1) is 11.9. The van der Waals surface area contributed by atoms with Crippen molar-refractivity contribution in [3.63, 3.8) is 0 Å². The van der Waals surface area contributed by atoms with E-state index < -0.39 is 5.97 Å². The lowest BCUT2D eigenvalue weighted by atomic mass is 10.0. The SMILES string of the molecule is Cc1ccc(C)c(Cc2nnc(SCc3ccc(C(=O)O)s3)n2N)c1. The molecule has 2 aromatic heterocycles. The number of nitrogens with zero attached hydrogens (tertiary/aromatic N) is 3. The fraction of sp³-hybridized carbons (Fsp3) is 0.235. The molecule has 3 rings (SSSR count). The van der Waals surface area contributed by atoms with Crippen LogP contribution in [0.15, 0.2) is 35.5 Å². The van der Waals surface area contributed by atoms with Crippen LogP contribution in [0.1, 0.15) is 37.1 Å². The largest absolute Gasteiger partial charge is 0.477 e. The number of aromatic nitrogens is 3. The van der Waals surface area contributed by atoms with Gasteiger partial charge in [0.15, 0.2) is 5.82 Å². The van der Waals surface area contributed by atoms with Crippen LogP contribution in [-0.4, -0.2) is 25.9 Å². The molecule has 8 heteroatoms. The second-order valence-corrected chi connectivity index (χ2v) is 7.85. The molecule has 0 amide bonds. The van der Waals surface area contributed by atoms with E-state index in [4.69, 9.17) is 10.9 Å². The van der Waals surface area contributed by atoms with Gasteiger partial charge in [-0.2, -0.15) is 0 Å². The predicted octanol–water partition coefficient (Wildman–Crippen LogP) is 3.25. The van der Waals surface area contributed by atoms with E-state index in [9.17, 15) is 4.79 Å². The summed E-state index contributed by atoms with van der Waals surface area (Å²) in [7, 11) is 0. The summed E-state index contributed by atoms with van der Waals surface area (Å²) in [6.07, 6.45) is 0.625. The van der Waals surface area contributed by atoms with Crippen molar-refractivity contribution in [1.29, 1.82) is 0 Å². The van der Waals surface area contributed by atoms with Crippen molar-refractivity contribution in [1.82, 2.24) is 14.9 Å². The van der Waals surface area contributed by atoms with Crippen LogP contribution in [0.2, 0.25) is 0 Å². The summed E-state index contributed by atoms with van der Waals surface area (Å²) in [6.45, 7) is 4.13. The Hall–Kier alpha value is -2.32. The number of thioether (sulfide) groups is 1. The van der Waals surface area contributed by atoms with Crippen molar-refractivity contribution in [2.45, 2.75) is 31.2 Å². The highest BCUT2D eigenvalue weighted by Gasteiger charge is 2.13. The summed E-state index contributed by atoms with van der Waals surface area (Å²) in [4.78, 5) is 12.2. The predicted molar refractivity (Wildman–Crippen MR) is 99.7 cm³/mol. The number of hydrogen-bond donors (Lipinski definition) is 2. The summed E-state index contributed by atoms with van der Waals surface area (Å²) in [6, 6.07) is 9.74. The van der Waals surface area contributed by atoms with Crippen LogP contribution in [0.25, 0.3) is 0 Å². The molecule has 0 radical (unpaired) electrons. The lowest BCUT2D eigenvalue weighted by Gasteiger charge is -2.07. The van der Waals surface area contributed by atoms with Gasteiger partial charge in [-0.25, -0.2) is 9.47 Å². The number of nitrogens with two attached hydrogens (primary N) is 1. The summed E-state index contributed by atoms with van der Waals surface area (Å²) in [5, 5.41) is 18.0. The van der Waals surface area contributed by atoms with Gasteiger partial charge < -0.3 is 10.9 Å². The molecule has 0 aliphatic carbocycles. The van der Waals surface area contributed by atoms with Crippen molar-refractivity contribution in [3.05, 3.63) is 62.6 Å². The molecule has 0 aliphatic heterocycles. The number of thiophene rings is 1. The van der Waals surface area contributed by atoms with E-state index in [1.54, 1.807) is 6.07 Å². The van der Waals surface area contributed by atoms with Gasteiger partial charge >= 0.3 is 5.97 Å². The topological polar surface area (TPSA) is 94.0 Å². The van der Waals surface area contributed by atoms with Crippen LogP contribution in [0.4, 0.5) is 0 Å². The van der Waals surface area contributed by atoms with Crippen LogP contribution in [0.5, 0.6) is 0 Å². The Morgan fingerprint density at radius 1 is 1.28 bits per heavy atom. The molecule has 3 N–H and O–H groups in total. The third kappa shape index (κ3) is 4.02. The highest BCUT2D eigenvalue weighted by molar-refractivity contribution is 7.98. The van der Waals surface area contributed by atoms with Gasteiger partial charge in [0.1, 0.15) is 4.88 Å². The van der Waals surface area contributed by atoms with E-state index in [-0.39, 0.29) is 0 Å². The molecule has 25 heavy (non-hydrogen) atoms. The second-order valence-electron chi connectivity index (χ2n) is 5.74. The van der Waals surface area contributed by atoms with Gasteiger partial charge in [0.2, 0.25) is 5.16 Å². The number of carboxylic acid groups (broad SMARTS) is 1. The molecule has 0 saturated heterocycles. The Balaban J connectivity index is 1.70. The van der Waals surface area contributed by atoms with Gasteiger partial charge in [-0.1, -0.05) is 35.5 Å². The second kappa shape index (κ2) is 7.28. The molecule has 3 aromatic rings. The highest BCUT2D eigenvalue weighted by Crippen LogP contribution is 2.26. The summed E-state index contributed by atoms with van der Waals surface area (Å²) in [5.74, 6) is 6.54. The molecule has 0 bridgehead atoms. The molecule has 0 spiro atoms. The number of aryl methyl sites for hydroxylation is 2. The molecule has 0 atom stereocenters. The Kier molecular flexibility index (Phi) is 5.10. The maximum Gasteiger partial charge on any atom is 0.345 e. The van der Waals surface area contributed by atoms with Gasteiger partial charge in [-0.3, -0.25) is 0 Å². The van der Waals surface area contributed by atoms with Crippen molar-refractivity contribution < 1.29 is 9.90 Å². The van der Waals surface area contributed by atoms with E-state index in [2.05, 4.69) is 42.2 Å². The van der Waals surface area contributed by atoms with Gasteiger partial charge in [-0.15, -0.1) is 21.5 Å². The fourth-order valence-electron chi connectivity index (χ4n) is 2.39. The number of carbonyl (C=O) groups is 1. The lowest BCUT2D eigenvalue weighted by molar-refractivity contribution is 0.0702. The number of rotatable bonds is 6. The zero-order chi connectivity index (χ0) is 18.0. The number of carboxylic acids is 1. The maximum absolute atomic E-state index is 10.9. The van der Waals surface area contributed by atoms with Crippen molar-refractivity contribution in [2.24, 2.45) is 0 Å². The van der Waals surface area contributed by atoms with Gasteiger partial charge in [0.05, 0.1) is 0 Å². The zero-order valence-corrected chi connectivity index (χ0v) is 15.5. The minimum absolute atomic E-state index is 0.334. The summed E-state index contributed by atoms with van der Waals surface area (Å²) >= 11 is 2.71. The average Bonchev–Trinajstić information content (AvgIpc) is 3.17. The molecule has 6 nitrogen and oxygen atoms in total. The Bertz CT molecular complexity index is 917. The molecule has 2 heterocycles. The number of hydrogen-bond acceptors (Lipinski definition) is 6. The molecular formula is C17H18N4O2S2. The Morgan fingerprint density at radius 3 is 2.80 bits per heavy atom. The van der Waals surface area contributed by atoms with Crippen molar-refractivity contribution in [2.75, 3.05) is 5.84 Å². The van der Waals surface area contributed by atoms with E-state index in [1.807, 2.05) is 6.07 Å². The zero-order valence-electron chi connectivity index (χ0n) is 13.9. The fourth-order valence-corrected chi connectivity index (χ4v) is 4.16. The third-order valence-corrected chi connectivity index (χ3v) is 6.05. The minimum atomic E-state index is -0.904. The quantitative estimate of drug-likeness (QED) is 0.508. The van der Waals surface area contributed by atoms with Crippen LogP contribution in [-0.2, 0) is 12.2 Å². The van der Waals surface area contributed by atoms with Crippen molar-refractivity contribution >= 4 is 29.1 Å². The summed E-state index contributed by atoms with van der Waals surface area (Å²) < 4.78 is 1.51. The standard InChI is InChI=1S/C17H18N4O2S2/c1-10-3-4-11(2)12(7-10)8-15-19-20-17(21(15)18)24-9-13-5-6-14(25-13)16(22)23/h3-7H,8-9,18H2,1-2H3,(H,22,23). The van der Waals surface area contributed by atoms with Crippen molar-refractivity contribution in [3.8, 4) is 0 Å². The van der Waals surface area contributed by atoms with Crippen LogP contribution < -0.4 is 5.84 Å². The van der Waals surface area contributed by atoms with Gasteiger partial charge in [0.25, 0.3) is 0 Å². The number of nitrogen functional groups attached to an aromatic ring is 1. The van der Waals surface area contributed by atoms with Crippen LogP contribution in [0, 0.1) is 13.8 Å². The van der Waals surface area contributed by atoms with Gasteiger partial charge in [-0.05, 0) is 37.1 Å². The first-order valence-corrected chi connectivity index (χ1v) is 9.44. The van der Waals surface area contributed by atoms with Crippen LogP contribution >= 0.6 is 23.1 Å². The minimum Gasteiger partial charge on any atom is -0.477 e. The summed E-state index contributed by atoms with van der Waals surface area (Å²) in [5.41, 5.74) is 3.58. The molecule has 0 unspecified atom stereocenters. The smallest absolute Gasteiger partial charge is 0.345 e. The maximum atomic E-state index is 10.9. The monoisotopic (exact) mass is 374 g/mol. The Labute approximate surface area is 153 Å². The van der Waals surface area contributed by atoms with E-state index >= 15 is 0 Å². The molecule has 1 aromatic carbocycles. The highest BCUT2D eigenvalue weighted by atomic mass is 32.2. The van der Waals surface area contributed by atoms with E-state index in [0.717, 1.165) is 4.88 Å². The molecule has 0 fully saturated rings. The molecule has 0 saturated carbocycles. The normalized spacial score (nSPS) is 11.0. The average molecular weight is 374 g/mol. The van der Waals surface area contributed by atoms with E-state index in [1.165, 1.54) is 44.5 Å². The first-order valence-electron chi connectivity index (χ1n) is 7.64. The molecular weight excluding hydrogens is 356 g/mol. The molecule has 130 valence electrons. The first kappa shape index (κ1) is 17.5. The number of aromatic carboxylic acids is 1. The number of benzene rings is 1. The molecule has 0 aliphatic rings. The van der Waals surface area contributed by atoms with Crippen LogP contribution in [0.3, 0.4) is 0 Å².